The van der Waals surface area contributed by atoms with Gasteiger partial charge in [-0.1, -0.05) is 30.3 Å². The summed E-state index contributed by atoms with van der Waals surface area (Å²) in [4.78, 5) is 1.25. The number of benzene rings is 1. The number of aryl methyl sites for hydroxylation is 2. The lowest BCUT2D eigenvalue weighted by atomic mass is 10.1. The molecule has 2 nitrogen and oxygen atoms in total. The van der Waals surface area contributed by atoms with Crippen LogP contribution in [-0.2, 0) is 12.8 Å². The number of thiophene rings is 1. The average Bonchev–Trinajstić information content (AvgIpc) is 2.65. The van der Waals surface area contributed by atoms with Crippen LogP contribution in [0.4, 0.5) is 5.00 Å². The number of rotatable bonds is 4. The van der Waals surface area contributed by atoms with Crippen molar-refractivity contribution in [3.63, 3.8) is 0 Å². The number of nitrogen functional groups attached to an aromatic ring is 1. The topological polar surface area (TPSA) is 49.8 Å². The minimum absolute atomic E-state index is 0.657. The van der Waals surface area contributed by atoms with Gasteiger partial charge in [-0.25, -0.2) is 0 Å². The lowest BCUT2D eigenvalue weighted by molar-refractivity contribution is 0.827. The van der Waals surface area contributed by atoms with Crippen molar-refractivity contribution in [2.75, 3.05) is 5.73 Å². The van der Waals surface area contributed by atoms with E-state index in [1.807, 2.05) is 13.0 Å². The van der Waals surface area contributed by atoms with Crippen LogP contribution in [0, 0.1) is 18.3 Å². The fourth-order valence-electron chi connectivity index (χ4n) is 2.06. The maximum Gasteiger partial charge on any atom is 0.104 e. The maximum atomic E-state index is 8.99. The number of hydrogen-bond acceptors (Lipinski definition) is 3. The van der Waals surface area contributed by atoms with Crippen molar-refractivity contribution in [2.45, 2.75) is 26.2 Å². The summed E-state index contributed by atoms with van der Waals surface area (Å²) in [5.74, 6) is 0. The lowest BCUT2D eigenvalue weighted by Gasteiger charge is -2.01. The Hall–Kier alpha value is -1.79. The Morgan fingerprint density at radius 3 is 2.56 bits per heavy atom. The summed E-state index contributed by atoms with van der Waals surface area (Å²) in [6.45, 7) is 1.99. The molecule has 1 heterocycles. The van der Waals surface area contributed by atoms with Crippen LogP contribution in [0.25, 0.3) is 0 Å². The molecule has 3 heteroatoms. The molecule has 0 spiro atoms. The zero-order valence-electron chi connectivity index (χ0n) is 10.4. The SMILES string of the molecule is Cc1c(CCCc2ccccc2)sc(N)c1C#N. The Kier molecular flexibility index (Phi) is 4.01. The monoisotopic (exact) mass is 256 g/mol. The first-order valence-corrected chi connectivity index (χ1v) is 6.85. The molecule has 2 N–H and O–H groups in total. The average molecular weight is 256 g/mol. The predicted octanol–water partition coefficient (Wildman–Crippen LogP) is 3.69. The number of nitriles is 1. The van der Waals surface area contributed by atoms with E-state index in [2.05, 4.69) is 30.3 Å². The van der Waals surface area contributed by atoms with Gasteiger partial charge in [-0.3, -0.25) is 0 Å². The van der Waals surface area contributed by atoms with E-state index < -0.39 is 0 Å². The summed E-state index contributed by atoms with van der Waals surface area (Å²) in [7, 11) is 0. The third-order valence-corrected chi connectivity index (χ3v) is 4.28. The van der Waals surface area contributed by atoms with Gasteiger partial charge in [0.15, 0.2) is 0 Å². The van der Waals surface area contributed by atoms with Gasteiger partial charge < -0.3 is 5.73 Å². The third kappa shape index (κ3) is 2.72. The quantitative estimate of drug-likeness (QED) is 0.907. The van der Waals surface area contributed by atoms with Crippen molar-refractivity contribution in [3.8, 4) is 6.07 Å². The molecule has 0 aliphatic heterocycles. The first-order chi connectivity index (χ1) is 8.72. The van der Waals surface area contributed by atoms with Gasteiger partial charge in [-0.2, -0.15) is 5.26 Å². The Labute approximate surface area is 112 Å². The van der Waals surface area contributed by atoms with Gasteiger partial charge >= 0.3 is 0 Å². The highest BCUT2D eigenvalue weighted by Crippen LogP contribution is 2.30. The van der Waals surface area contributed by atoms with Crippen molar-refractivity contribution in [3.05, 3.63) is 51.9 Å². The molecule has 2 aromatic rings. The first-order valence-electron chi connectivity index (χ1n) is 6.04. The van der Waals surface area contributed by atoms with Crippen LogP contribution in [-0.4, -0.2) is 0 Å². The molecule has 0 aliphatic rings. The molecular weight excluding hydrogens is 240 g/mol. The van der Waals surface area contributed by atoms with Gasteiger partial charge in [-0.15, -0.1) is 11.3 Å². The summed E-state index contributed by atoms with van der Waals surface area (Å²) in [5, 5.41) is 9.65. The van der Waals surface area contributed by atoms with Gasteiger partial charge in [0.2, 0.25) is 0 Å². The van der Waals surface area contributed by atoms with Crippen LogP contribution in [0.3, 0.4) is 0 Å². The van der Waals surface area contributed by atoms with E-state index in [0.29, 0.717) is 10.6 Å². The van der Waals surface area contributed by atoms with E-state index in [1.165, 1.54) is 10.4 Å². The van der Waals surface area contributed by atoms with E-state index in [9.17, 15) is 0 Å². The van der Waals surface area contributed by atoms with E-state index in [0.717, 1.165) is 24.8 Å². The van der Waals surface area contributed by atoms with Crippen molar-refractivity contribution in [1.29, 1.82) is 5.26 Å². The van der Waals surface area contributed by atoms with E-state index in [-0.39, 0.29) is 0 Å². The molecule has 92 valence electrons. The second-order valence-corrected chi connectivity index (χ2v) is 5.48. The van der Waals surface area contributed by atoms with Gasteiger partial charge in [0.25, 0.3) is 0 Å². The van der Waals surface area contributed by atoms with Crippen LogP contribution in [0.5, 0.6) is 0 Å². The standard InChI is InChI=1S/C15H16N2S/c1-11-13(10-16)15(17)18-14(11)9-5-8-12-6-3-2-4-7-12/h2-4,6-7H,5,8-9,17H2,1H3. The fraction of sp³-hybridized carbons (Fsp3) is 0.267. The maximum absolute atomic E-state index is 8.99. The molecular formula is C15H16N2S. The van der Waals surface area contributed by atoms with Crippen LogP contribution in [0.1, 0.15) is 28.0 Å². The number of anilines is 1. The summed E-state index contributed by atoms with van der Waals surface area (Å²) < 4.78 is 0. The van der Waals surface area contributed by atoms with Crippen molar-refractivity contribution < 1.29 is 0 Å². The Morgan fingerprint density at radius 2 is 1.94 bits per heavy atom. The number of nitrogens with zero attached hydrogens (tertiary/aromatic N) is 1. The zero-order valence-corrected chi connectivity index (χ0v) is 11.3. The number of hydrogen-bond donors (Lipinski definition) is 1. The molecule has 0 aliphatic carbocycles. The summed E-state index contributed by atoms with van der Waals surface area (Å²) in [5.41, 5.74) is 8.92. The highest BCUT2D eigenvalue weighted by Gasteiger charge is 2.11. The summed E-state index contributed by atoms with van der Waals surface area (Å²) in [6.07, 6.45) is 3.16. The minimum Gasteiger partial charge on any atom is -0.389 e. The molecule has 0 fully saturated rings. The van der Waals surface area contributed by atoms with E-state index in [4.69, 9.17) is 11.0 Å². The van der Waals surface area contributed by atoms with Crippen molar-refractivity contribution in [1.82, 2.24) is 0 Å². The molecule has 0 amide bonds. The largest absolute Gasteiger partial charge is 0.389 e. The van der Waals surface area contributed by atoms with Crippen LogP contribution < -0.4 is 5.73 Å². The van der Waals surface area contributed by atoms with Gasteiger partial charge in [0, 0.05) is 4.88 Å². The minimum atomic E-state index is 0.657. The molecule has 0 unspecified atom stereocenters. The highest BCUT2D eigenvalue weighted by molar-refractivity contribution is 7.16. The summed E-state index contributed by atoms with van der Waals surface area (Å²) >= 11 is 1.56. The Morgan fingerprint density at radius 1 is 1.22 bits per heavy atom. The highest BCUT2D eigenvalue weighted by atomic mass is 32.1. The predicted molar refractivity (Wildman–Crippen MR) is 76.7 cm³/mol. The second kappa shape index (κ2) is 5.70. The third-order valence-electron chi connectivity index (χ3n) is 3.10. The smallest absolute Gasteiger partial charge is 0.104 e. The van der Waals surface area contributed by atoms with Crippen molar-refractivity contribution >= 4 is 16.3 Å². The van der Waals surface area contributed by atoms with Crippen LogP contribution >= 0.6 is 11.3 Å². The number of nitrogens with two attached hydrogens (primary N) is 1. The van der Waals surface area contributed by atoms with Crippen LogP contribution in [0.15, 0.2) is 30.3 Å². The molecule has 1 aromatic carbocycles. The van der Waals surface area contributed by atoms with Crippen LogP contribution in [0.2, 0.25) is 0 Å². The molecule has 1 aromatic heterocycles. The van der Waals surface area contributed by atoms with Gasteiger partial charge in [0.1, 0.15) is 11.1 Å². The molecule has 0 bridgehead atoms. The molecule has 0 radical (unpaired) electrons. The van der Waals surface area contributed by atoms with Gasteiger partial charge in [0.05, 0.1) is 5.56 Å². The fourth-order valence-corrected chi connectivity index (χ4v) is 3.13. The lowest BCUT2D eigenvalue weighted by Crippen LogP contribution is -1.90. The van der Waals surface area contributed by atoms with E-state index in [1.54, 1.807) is 11.3 Å². The molecule has 2 rings (SSSR count). The van der Waals surface area contributed by atoms with Gasteiger partial charge in [-0.05, 0) is 37.3 Å². The molecule has 0 saturated heterocycles. The summed E-state index contributed by atoms with van der Waals surface area (Å²) in [6, 6.07) is 12.6. The van der Waals surface area contributed by atoms with Crippen molar-refractivity contribution in [2.24, 2.45) is 0 Å². The zero-order chi connectivity index (χ0) is 13.0. The second-order valence-electron chi connectivity index (χ2n) is 4.34. The molecule has 0 atom stereocenters. The van der Waals surface area contributed by atoms with E-state index >= 15 is 0 Å². The molecule has 18 heavy (non-hydrogen) atoms. The molecule has 0 saturated carbocycles. The normalized spacial score (nSPS) is 10.2. The first kappa shape index (κ1) is 12.7. The Balaban J connectivity index is 1.97. The Bertz CT molecular complexity index is 564.